The number of furan rings is 1. The molecular formula is C21H14N4OS. The number of nitrogens with zero attached hydrogens (tertiary/aromatic N) is 4. The first-order chi connectivity index (χ1) is 13.3. The Kier molecular flexibility index (Phi) is 4.77. The molecule has 0 N–H and O–H groups in total. The zero-order valence-electron chi connectivity index (χ0n) is 14.2. The van der Waals surface area contributed by atoms with Crippen molar-refractivity contribution in [1.29, 1.82) is 5.26 Å². The van der Waals surface area contributed by atoms with Gasteiger partial charge < -0.3 is 4.42 Å². The molecule has 0 aliphatic rings. The molecule has 0 bridgehead atoms. The van der Waals surface area contributed by atoms with E-state index >= 15 is 0 Å². The molecule has 27 heavy (non-hydrogen) atoms. The minimum atomic E-state index is 0.617. The topological polar surface area (TPSA) is 66.6 Å². The minimum Gasteiger partial charge on any atom is -0.463 e. The van der Waals surface area contributed by atoms with Crippen LogP contribution in [0.1, 0.15) is 11.1 Å². The Bertz CT molecular complexity index is 1160. The Morgan fingerprint density at radius 1 is 1.00 bits per heavy atom. The Hall–Kier alpha value is -3.69. The van der Waals surface area contributed by atoms with Crippen molar-refractivity contribution in [3.63, 3.8) is 0 Å². The van der Waals surface area contributed by atoms with Crippen LogP contribution in [0, 0.1) is 11.3 Å². The highest BCUT2D eigenvalue weighted by atomic mass is 32.1. The molecule has 2 heterocycles. The molecule has 0 radical (unpaired) electrons. The van der Waals surface area contributed by atoms with Crippen molar-refractivity contribution < 1.29 is 4.42 Å². The minimum absolute atomic E-state index is 0.617. The van der Waals surface area contributed by atoms with Gasteiger partial charge in [0.15, 0.2) is 5.76 Å². The number of nitriles is 1. The number of thiazole rings is 1. The Labute approximate surface area is 159 Å². The maximum Gasteiger partial charge on any atom is 0.211 e. The van der Waals surface area contributed by atoms with Crippen LogP contribution in [0.5, 0.6) is 0 Å². The van der Waals surface area contributed by atoms with Crippen molar-refractivity contribution in [2.45, 2.75) is 0 Å². The third kappa shape index (κ3) is 3.78. The van der Waals surface area contributed by atoms with Gasteiger partial charge in [-0.1, -0.05) is 30.3 Å². The van der Waals surface area contributed by atoms with Gasteiger partial charge in [0.2, 0.25) is 4.80 Å². The Morgan fingerprint density at radius 3 is 2.52 bits per heavy atom. The zero-order chi connectivity index (χ0) is 18.5. The second-order valence-electron chi connectivity index (χ2n) is 5.62. The van der Waals surface area contributed by atoms with Crippen LogP contribution in [0.3, 0.4) is 0 Å². The van der Waals surface area contributed by atoms with E-state index in [4.69, 9.17) is 14.7 Å². The lowest BCUT2D eigenvalue weighted by atomic mass is 10.2. The number of hydrogen-bond acceptors (Lipinski definition) is 5. The lowest BCUT2D eigenvalue weighted by Gasteiger charge is -2.01. The van der Waals surface area contributed by atoms with Gasteiger partial charge in [-0.05, 0) is 42.0 Å². The van der Waals surface area contributed by atoms with Crippen molar-refractivity contribution in [2.24, 2.45) is 10.1 Å². The van der Waals surface area contributed by atoms with E-state index in [9.17, 15) is 0 Å². The summed E-state index contributed by atoms with van der Waals surface area (Å²) >= 11 is 1.49. The number of rotatable bonds is 4. The van der Waals surface area contributed by atoms with Crippen molar-refractivity contribution >= 4 is 23.2 Å². The van der Waals surface area contributed by atoms with Crippen LogP contribution in [0.15, 0.2) is 92.9 Å². The van der Waals surface area contributed by atoms with E-state index in [0.717, 1.165) is 27.5 Å². The molecule has 0 aliphatic heterocycles. The lowest BCUT2D eigenvalue weighted by Crippen LogP contribution is -2.11. The van der Waals surface area contributed by atoms with Gasteiger partial charge in [0.05, 0.1) is 29.8 Å². The summed E-state index contributed by atoms with van der Waals surface area (Å²) in [4.78, 5) is 5.43. The van der Waals surface area contributed by atoms with E-state index in [1.807, 2.05) is 60.0 Å². The predicted octanol–water partition coefficient (Wildman–Crippen LogP) is 4.80. The maximum atomic E-state index is 8.92. The first kappa shape index (κ1) is 16.8. The predicted molar refractivity (Wildman–Crippen MR) is 106 cm³/mol. The summed E-state index contributed by atoms with van der Waals surface area (Å²) in [6.45, 7) is 0. The van der Waals surface area contributed by atoms with Gasteiger partial charge in [-0.15, -0.1) is 11.3 Å². The van der Waals surface area contributed by atoms with Gasteiger partial charge in [-0.2, -0.15) is 10.4 Å². The van der Waals surface area contributed by atoms with Gasteiger partial charge in [0.1, 0.15) is 5.69 Å². The summed E-state index contributed by atoms with van der Waals surface area (Å²) in [5.41, 5.74) is 3.19. The number of para-hydroxylation sites is 1. The first-order valence-corrected chi connectivity index (χ1v) is 9.10. The Balaban J connectivity index is 1.79. The first-order valence-electron chi connectivity index (χ1n) is 8.22. The largest absolute Gasteiger partial charge is 0.463 e. The third-order valence-corrected chi connectivity index (χ3v) is 4.62. The highest BCUT2D eigenvalue weighted by Crippen LogP contribution is 2.21. The van der Waals surface area contributed by atoms with Crippen LogP contribution in [-0.4, -0.2) is 10.9 Å². The van der Waals surface area contributed by atoms with Crippen molar-refractivity contribution in [3.8, 4) is 17.5 Å². The van der Waals surface area contributed by atoms with Crippen molar-refractivity contribution in [2.75, 3.05) is 0 Å². The summed E-state index contributed by atoms with van der Waals surface area (Å²) in [6, 6.07) is 22.8. The highest BCUT2D eigenvalue weighted by molar-refractivity contribution is 7.07. The fraction of sp³-hybridized carbons (Fsp3) is 0. The number of hydrogen-bond donors (Lipinski definition) is 0. The summed E-state index contributed by atoms with van der Waals surface area (Å²) < 4.78 is 7.30. The molecule has 0 fully saturated rings. The quantitative estimate of drug-likeness (QED) is 0.485. The van der Waals surface area contributed by atoms with Gasteiger partial charge in [0, 0.05) is 5.38 Å². The molecular weight excluding hydrogens is 356 g/mol. The summed E-state index contributed by atoms with van der Waals surface area (Å²) in [6.07, 6.45) is 3.38. The smallest absolute Gasteiger partial charge is 0.211 e. The summed E-state index contributed by atoms with van der Waals surface area (Å²) in [5, 5.41) is 15.5. The molecule has 0 atom stereocenters. The molecule has 5 nitrogen and oxygen atoms in total. The average Bonchev–Trinajstić information content (AvgIpc) is 3.37. The van der Waals surface area contributed by atoms with Crippen LogP contribution in [0.2, 0.25) is 0 Å². The van der Waals surface area contributed by atoms with Crippen LogP contribution in [0.4, 0.5) is 5.69 Å². The van der Waals surface area contributed by atoms with Gasteiger partial charge in [-0.3, -0.25) is 0 Å². The van der Waals surface area contributed by atoms with Crippen LogP contribution in [0.25, 0.3) is 11.5 Å². The van der Waals surface area contributed by atoms with Crippen molar-refractivity contribution in [1.82, 2.24) is 4.68 Å². The monoisotopic (exact) mass is 370 g/mol. The standard InChI is InChI=1S/C21H14N4OS/c22-13-16-8-10-17(11-9-16)14-23-25-19(20-7-4-12-26-20)15-27-21(25)24-18-5-2-1-3-6-18/h1-12,14-15H. The number of aromatic nitrogens is 1. The molecule has 0 spiro atoms. The molecule has 0 amide bonds. The average molecular weight is 370 g/mol. The van der Waals surface area contributed by atoms with E-state index in [1.54, 1.807) is 29.3 Å². The normalized spacial score (nSPS) is 11.7. The molecule has 2 aromatic heterocycles. The summed E-state index contributed by atoms with van der Waals surface area (Å²) in [5.74, 6) is 0.720. The molecule has 4 aromatic rings. The molecule has 6 heteroatoms. The molecule has 4 rings (SSSR count). The van der Waals surface area contributed by atoms with Gasteiger partial charge in [-0.25, -0.2) is 9.67 Å². The van der Waals surface area contributed by atoms with Gasteiger partial charge in [0.25, 0.3) is 0 Å². The molecule has 0 saturated carbocycles. The van der Waals surface area contributed by atoms with Crippen LogP contribution in [-0.2, 0) is 0 Å². The second-order valence-corrected chi connectivity index (χ2v) is 6.45. The fourth-order valence-electron chi connectivity index (χ4n) is 2.46. The SMILES string of the molecule is N#Cc1ccc(C=Nn2c(-c3ccco3)csc2=Nc2ccccc2)cc1. The fourth-order valence-corrected chi connectivity index (χ4v) is 3.30. The van der Waals surface area contributed by atoms with Gasteiger partial charge >= 0.3 is 0 Å². The van der Waals surface area contributed by atoms with E-state index in [0.29, 0.717) is 5.56 Å². The highest BCUT2D eigenvalue weighted by Gasteiger charge is 2.09. The van der Waals surface area contributed by atoms with Crippen LogP contribution < -0.4 is 4.80 Å². The zero-order valence-corrected chi connectivity index (χ0v) is 15.0. The maximum absolute atomic E-state index is 8.92. The lowest BCUT2D eigenvalue weighted by molar-refractivity contribution is 0.575. The van der Waals surface area contributed by atoms with E-state index in [-0.39, 0.29) is 0 Å². The summed E-state index contributed by atoms with van der Waals surface area (Å²) in [7, 11) is 0. The third-order valence-electron chi connectivity index (χ3n) is 3.80. The molecule has 130 valence electrons. The number of benzene rings is 2. The molecule has 0 aliphatic carbocycles. The molecule has 0 saturated heterocycles. The van der Waals surface area contributed by atoms with E-state index in [1.165, 1.54) is 11.3 Å². The van der Waals surface area contributed by atoms with Crippen LogP contribution >= 0.6 is 11.3 Å². The Morgan fingerprint density at radius 2 is 1.81 bits per heavy atom. The van der Waals surface area contributed by atoms with E-state index < -0.39 is 0 Å². The van der Waals surface area contributed by atoms with E-state index in [2.05, 4.69) is 11.2 Å². The molecule has 0 unspecified atom stereocenters. The second kappa shape index (κ2) is 7.68. The van der Waals surface area contributed by atoms with Crippen molar-refractivity contribution in [3.05, 3.63) is 94.3 Å². The molecule has 2 aromatic carbocycles.